The van der Waals surface area contributed by atoms with E-state index in [2.05, 4.69) is 49.8 Å². The van der Waals surface area contributed by atoms with Gasteiger partial charge in [0.15, 0.2) is 0 Å². The Balaban J connectivity index is 0.000000231. The van der Waals surface area contributed by atoms with Crippen LogP contribution >= 0.6 is 0 Å². The lowest BCUT2D eigenvalue weighted by Crippen LogP contribution is -2.10. The van der Waals surface area contributed by atoms with E-state index in [1.54, 1.807) is 7.11 Å². The molecule has 0 saturated carbocycles. The van der Waals surface area contributed by atoms with Crippen LogP contribution in [0.3, 0.4) is 0 Å². The smallest absolute Gasteiger partial charge is 0.212 e. The molecule has 0 aromatic carbocycles. The zero-order valence-electron chi connectivity index (χ0n) is 15.4. The lowest BCUT2D eigenvalue weighted by molar-refractivity contribution is 0.397. The SMILES string of the molecule is CC(C)c1ccc(N(C)C)nc1.COc1ccc(C(C)C)cn1. The molecule has 4 heteroatoms. The van der Waals surface area contributed by atoms with Crippen molar-refractivity contribution < 1.29 is 4.74 Å². The molecule has 0 aliphatic rings. The molecule has 0 atom stereocenters. The Kier molecular flexibility index (Phi) is 7.52. The first-order valence-electron chi connectivity index (χ1n) is 7.98. The summed E-state index contributed by atoms with van der Waals surface area (Å²) in [7, 11) is 5.62. The molecule has 0 radical (unpaired) electrons. The molecule has 0 amide bonds. The van der Waals surface area contributed by atoms with Gasteiger partial charge in [-0.15, -0.1) is 0 Å². The fraction of sp³-hybridized carbons (Fsp3) is 0.474. The molecule has 0 N–H and O–H groups in total. The minimum atomic E-state index is 0.536. The van der Waals surface area contributed by atoms with Crippen LogP contribution in [-0.2, 0) is 0 Å². The summed E-state index contributed by atoms with van der Waals surface area (Å²) >= 11 is 0. The van der Waals surface area contributed by atoms with E-state index in [1.807, 2.05) is 43.5 Å². The van der Waals surface area contributed by atoms with E-state index in [0.717, 1.165) is 5.82 Å². The molecule has 0 unspecified atom stereocenters. The Morgan fingerprint density at radius 2 is 1.35 bits per heavy atom. The molecule has 0 aliphatic heterocycles. The number of pyridine rings is 2. The summed E-state index contributed by atoms with van der Waals surface area (Å²) in [6.45, 7) is 8.63. The van der Waals surface area contributed by atoms with E-state index < -0.39 is 0 Å². The number of anilines is 1. The number of ether oxygens (including phenoxy) is 1. The minimum Gasteiger partial charge on any atom is -0.481 e. The van der Waals surface area contributed by atoms with E-state index in [-0.39, 0.29) is 0 Å². The van der Waals surface area contributed by atoms with Gasteiger partial charge in [-0.25, -0.2) is 9.97 Å². The van der Waals surface area contributed by atoms with E-state index >= 15 is 0 Å². The molecule has 126 valence electrons. The van der Waals surface area contributed by atoms with Crippen molar-refractivity contribution in [2.75, 3.05) is 26.1 Å². The van der Waals surface area contributed by atoms with Crippen LogP contribution in [0.25, 0.3) is 0 Å². The molecule has 23 heavy (non-hydrogen) atoms. The van der Waals surface area contributed by atoms with Crippen LogP contribution in [0.4, 0.5) is 5.82 Å². The molecule has 0 aliphatic carbocycles. The van der Waals surface area contributed by atoms with E-state index in [9.17, 15) is 0 Å². The van der Waals surface area contributed by atoms with Gasteiger partial charge < -0.3 is 9.64 Å². The number of hydrogen-bond donors (Lipinski definition) is 0. The lowest BCUT2D eigenvalue weighted by atomic mass is 10.1. The van der Waals surface area contributed by atoms with Gasteiger partial charge in [-0.3, -0.25) is 0 Å². The number of methoxy groups -OCH3 is 1. The topological polar surface area (TPSA) is 38.2 Å². The fourth-order valence-electron chi connectivity index (χ4n) is 1.86. The standard InChI is InChI=1S/C10H16N2.C9H13NO/c1-8(2)9-5-6-10(11-7-9)12(3)4;1-7(2)8-4-5-9(11-3)10-6-8/h5-8H,1-4H3;4-7H,1-3H3. The normalized spacial score (nSPS) is 10.3. The Morgan fingerprint density at radius 3 is 1.65 bits per heavy atom. The maximum absolute atomic E-state index is 4.94. The zero-order valence-corrected chi connectivity index (χ0v) is 15.4. The Morgan fingerprint density at radius 1 is 0.826 bits per heavy atom. The number of hydrogen-bond acceptors (Lipinski definition) is 4. The molecule has 2 rings (SSSR count). The second-order valence-electron chi connectivity index (χ2n) is 6.29. The largest absolute Gasteiger partial charge is 0.481 e. The van der Waals surface area contributed by atoms with Crippen molar-refractivity contribution in [3.8, 4) is 5.88 Å². The summed E-state index contributed by atoms with van der Waals surface area (Å²) in [6.07, 6.45) is 3.80. The third-order valence-electron chi connectivity index (χ3n) is 3.53. The van der Waals surface area contributed by atoms with Crippen LogP contribution in [0.5, 0.6) is 5.88 Å². The van der Waals surface area contributed by atoms with Crippen molar-refractivity contribution in [3.05, 3.63) is 47.8 Å². The molecule has 0 spiro atoms. The summed E-state index contributed by atoms with van der Waals surface area (Å²) in [5, 5.41) is 0. The van der Waals surface area contributed by atoms with Crippen molar-refractivity contribution in [1.82, 2.24) is 9.97 Å². The second kappa shape index (κ2) is 9.13. The first-order chi connectivity index (χ1) is 10.8. The van der Waals surface area contributed by atoms with Gasteiger partial charge in [0.05, 0.1) is 7.11 Å². The van der Waals surface area contributed by atoms with Gasteiger partial charge in [0.25, 0.3) is 0 Å². The van der Waals surface area contributed by atoms with Crippen LogP contribution in [0.2, 0.25) is 0 Å². The minimum absolute atomic E-state index is 0.536. The number of aromatic nitrogens is 2. The predicted octanol–water partition coefficient (Wildman–Crippen LogP) is 4.48. The highest BCUT2D eigenvalue weighted by atomic mass is 16.5. The Bertz CT molecular complexity index is 533. The summed E-state index contributed by atoms with van der Waals surface area (Å²) in [5.74, 6) is 2.79. The maximum Gasteiger partial charge on any atom is 0.212 e. The van der Waals surface area contributed by atoms with Crippen molar-refractivity contribution >= 4 is 5.82 Å². The Hall–Kier alpha value is -2.10. The lowest BCUT2D eigenvalue weighted by Gasteiger charge is -2.12. The predicted molar refractivity (Wildman–Crippen MR) is 97.5 cm³/mol. The van der Waals surface area contributed by atoms with Crippen LogP contribution in [0.15, 0.2) is 36.7 Å². The van der Waals surface area contributed by atoms with Gasteiger partial charge in [0, 0.05) is 32.6 Å². The average molecular weight is 315 g/mol. The maximum atomic E-state index is 4.94. The molecular formula is C19H29N3O. The van der Waals surface area contributed by atoms with E-state index in [0.29, 0.717) is 17.7 Å². The van der Waals surface area contributed by atoms with Crippen LogP contribution in [0.1, 0.15) is 50.7 Å². The van der Waals surface area contributed by atoms with Gasteiger partial charge in [0.1, 0.15) is 5.82 Å². The van der Waals surface area contributed by atoms with E-state index in [1.165, 1.54) is 11.1 Å². The van der Waals surface area contributed by atoms with Crippen molar-refractivity contribution in [3.63, 3.8) is 0 Å². The molecule has 0 bridgehead atoms. The first kappa shape index (κ1) is 18.9. The van der Waals surface area contributed by atoms with Crippen LogP contribution in [0, 0.1) is 0 Å². The quantitative estimate of drug-likeness (QED) is 0.833. The highest BCUT2D eigenvalue weighted by Crippen LogP contribution is 2.16. The third-order valence-corrected chi connectivity index (χ3v) is 3.53. The number of nitrogens with zero attached hydrogens (tertiary/aromatic N) is 3. The highest BCUT2D eigenvalue weighted by molar-refractivity contribution is 5.37. The number of rotatable bonds is 4. The molecule has 2 heterocycles. The summed E-state index contributed by atoms with van der Waals surface area (Å²) in [6, 6.07) is 8.11. The van der Waals surface area contributed by atoms with Crippen molar-refractivity contribution in [1.29, 1.82) is 0 Å². The van der Waals surface area contributed by atoms with Gasteiger partial charge in [-0.2, -0.15) is 0 Å². The van der Waals surface area contributed by atoms with Gasteiger partial charge in [-0.1, -0.05) is 39.8 Å². The van der Waals surface area contributed by atoms with Crippen LogP contribution in [-0.4, -0.2) is 31.2 Å². The molecular weight excluding hydrogens is 286 g/mol. The summed E-state index contributed by atoms with van der Waals surface area (Å²) in [4.78, 5) is 10.4. The second-order valence-corrected chi connectivity index (χ2v) is 6.29. The highest BCUT2D eigenvalue weighted by Gasteiger charge is 2.00. The van der Waals surface area contributed by atoms with Gasteiger partial charge in [0.2, 0.25) is 5.88 Å². The fourth-order valence-corrected chi connectivity index (χ4v) is 1.86. The van der Waals surface area contributed by atoms with Gasteiger partial charge in [-0.05, 0) is 29.0 Å². The van der Waals surface area contributed by atoms with Crippen molar-refractivity contribution in [2.24, 2.45) is 0 Å². The molecule has 4 nitrogen and oxygen atoms in total. The molecule has 0 saturated heterocycles. The molecule has 2 aromatic rings. The molecule has 0 fully saturated rings. The average Bonchev–Trinajstić information content (AvgIpc) is 2.55. The monoisotopic (exact) mass is 315 g/mol. The van der Waals surface area contributed by atoms with Gasteiger partial charge >= 0.3 is 0 Å². The first-order valence-corrected chi connectivity index (χ1v) is 7.98. The zero-order chi connectivity index (χ0) is 17.4. The van der Waals surface area contributed by atoms with Crippen molar-refractivity contribution in [2.45, 2.75) is 39.5 Å². The van der Waals surface area contributed by atoms with E-state index in [4.69, 9.17) is 4.74 Å². The van der Waals surface area contributed by atoms with Crippen LogP contribution < -0.4 is 9.64 Å². The summed E-state index contributed by atoms with van der Waals surface area (Å²) < 4.78 is 4.94. The Labute approximate surface area is 140 Å². The summed E-state index contributed by atoms with van der Waals surface area (Å²) in [5.41, 5.74) is 2.53. The molecule has 2 aromatic heterocycles. The third kappa shape index (κ3) is 6.27.